The Labute approximate surface area is 489 Å². The first-order chi connectivity index (χ1) is 39.0. The van der Waals surface area contributed by atoms with Crippen molar-refractivity contribution in [3.05, 3.63) is 109 Å². The van der Waals surface area contributed by atoms with Gasteiger partial charge in [-0.1, -0.05) is 304 Å². The molecule has 0 aliphatic carbocycles. The van der Waals surface area contributed by atoms with Crippen molar-refractivity contribution in [3.8, 4) is 0 Å². The Morgan fingerprint density at radius 3 is 0.848 bits per heavy atom. The normalized spacial score (nSPS) is 12.8. The molecule has 0 fully saturated rings. The topological polar surface area (TPSA) is 78.9 Å². The van der Waals surface area contributed by atoms with E-state index in [-0.39, 0.29) is 37.5 Å². The standard InChI is InChI=1S/C73H124O6/c1-4-7-10-13-16-19-22-25-28-31-33-35-36-38-39-42-45-48-51-54-57-60-63-66-72(75)78-69-70(68-77-71(74)65-62-59-56-53-50-47-44-41-30-27-24-21-18-15-12-9-6-3)79-73(76)67-64-61-58-55-52-49-46-43-40-37-34-32-29-26-23-20-17-14-11-8-5-2/h7,10,16,18-19,21,25,27-28,30,33,35,38-39,45,48,54,57,70H,4-6,8-9,11-15,17,20,22-24,26,29,31-32,34,36-37,40-44,46-47,49-53,55-56,58-69H2,1-3H3/b10-7-,19-16-,21-18-,28-25-,30-27-,35-33-,39-38-,48-45-,57-54-. The lowest BCUT2D eigenvalue weighted by atomic mass is 10.0. The molecule has 0 spiro atoms. The molecule has 0 aliphatic rings. The Morgan fingerprint density at radius 1 is 0.266 bits per heavy atom. The van der Waals surface area contributed by atoms with Crippen LogP contribution in [-0.2, 0) is 28.6 Å². The SMILES string of the molecule is CC/C=C\C/C=C\C/C=C\C/C=C\C/C=C\C/C=C\C/C=C\CCCC(=O)OCC(COC(=O)CCCCCCCCC/C=C\C/C=C\CCCCC)OC(=O)CCCCCCCCCCCCCCCCCCCCCCC. The molecule has 0 radical (unpaired) electrons. The molecule has 0 aromatic heterocycles. The van der Waals surface area contributed by atoms with Gasteiger partial charge in [-0.3, -0.25) is 14.4 Å². The highest BCUT2D eigenvalue weighted by Crippen LogP contribution is 2.17. The highest BCUT2D eigenvalue weighted by atomic mass is 16.6. The van der Waals surface area contributed by atoms with E-state index in [4.69, 9.17) is 14.2 Å². The van der Waals surface area contributed by atoms with Crippen LogP contribution in [0.5, 0.6) is 0 Å². The van der Waals surface area contributed by atoms with Crippen LogP contribution in [0.3, 0.4) is 0 Å². The van der Waals surface area contributed by atoms with Crippen molar-refractivity contribution in [1.82, 2.24) is 0 Å². The molecule has 79 heavy (non-hydrogen) atoms. The lowest BCUT2D eigenvalue weighted by Crippen LogP contribution is -2.30. The van der Waals surface area contributed by atoms with Gasteiger partial charge < -0.3 is 14.2 Å². The number of carbonyl (C=O) groups is 3. The second-order valence-electron chi connectivity index (χ2n) is 22.0. The number of ether oxygens (including phenoxy) is 3. The smallest absolute Gasteiger partial charge is 0.306 e. The molecule has 0 N–H and O–H groups in total. The minimum atomic E-state index is -0.807. The van der Waals surface area contributed by atoms with Crippen molar-refractivity contribution in [1.29, 1.82) is 0 Å². The second kappa shape index (κ2) is 66.6. The molecular weight excluding hydrogens is 973 g/mol. The van der Waals surface area contributed by atoms with Gasteiger partial charge in [-0.2, -0.15) is 0 Å². The van der Waals surface area contributed by atoms with Crippen LogP contribution in [0, 0.1) is 0 Å². The van der Waals surface area contributed by atoms with Crippen LogP contribution in [0.15, 0.2) is 109 Å². The zero-order valence-electron chi connectivity index (χ0n) is 51.9. The number of allylic oxidation sites excluding steroid dienone is 18. The molecule has 0 heterocycles. The van der Waals surface area contributed by atoms with E-state index in [0.29, 0.717) is 19.3 Å². The number of rotatable bonds is 60. The van der Waals surface area contributed by atoms with Crippen molar-refractivity contribution >= 4 is 17.9 Å². The molecule has 6 nitrogen and oxygen atoms in total. The van der Waals surface area contributed by atoms with E-state index in [1.807, 2.05) is 0 Å². The summed E-state index contributed by atoms with van der Waals surface area (Å²) in [6.07, 6.45) is 91.0. The van der Waals surface area contributed by atoms with Gasteiger partial charge in [0.05, 0.1) is 0 Å². The maximum atomic E-state index is 12.9. The fraction of sp³-hybridized carbons (Fsp3) is 0.712. The Bertz CT molecular complexity index is 1590. The molecule has 0 aromatic carbocycles. The molecule has 1 atom stereocenters. The first kappa shape index (κ1) is 75.1. The fourth-order valence-electron chi connectivity index (χ4n) is 9.29. The van der Waals surface area contributed by atoms with Crippen molar-refractivity contribution < 1.29 is 28.6 Å². The molecule has 452 valence electrons. The van der Waals surface area contributed by atoms with Crippen LogP contribution >= 0.6 is 0 Å². The number of esters is 3. The molecule has 0 saturated carbocycles. The third-order valence-corrected chi connectivity index (χ3v) is 14.3. The van der Waals surface area contributed by atoms with E-state index in [1.54, 1.807) is 0 Å². The maximum Gasteiger partial charge on any atom is 0.306 e. The van der Waals surface area contributed by atoms with E-state index in [2.05, 4.69) is 130 Å². The summed E-state index contributed by atoms with van der Waals surface area (Å²) in [7, 11) is 0. The van der Waals surface area contributed by atoms with E-state index in [1.165, 1.54) is 167 Å². The number of hydrogen-bond acceptors (Lipinski definition) is 6. The molecule has 0 aromatic rings. The predicted molar refractivity (Wildman–Crippen MR) is 343 cm³/mol. The van der Waals surface area contributed by atoms with E-state index in [9.17, 15) is 14.4 Å². The second-order valence-corrected chi connectivity index (χ2v) is 22.0. The number of hydrogen-bond donors (Lipinski definition) is 0. The third-order valence-electron chi connectivity index (χ3n) is 14.3. The van der Waals surface area contributed by atoms with Crippen LogP contribution in [0.4, 0.5) is 0 Å². The van der Waals surface area contributed by atoms with Crippen molar-refractivity contribution in [2.45, 2.75) is 322 Å². The van der Waals surface area contributed by atoms with Gasteiger partial charge in [-0.25, -0.2) is 0 Å². The molecule has 0 bridgehead atoms. The first-order valence-electron chi connectivity index (χ1n) is 33.4. The zero-order valence-corrected chi connectivity index (χ0v) is 51.9. The largest absolute Gasteiger partial charge is 0.462 e. The Kier molecular flexibility index (Phi) is 63.3. The third kappa shape index (κ3) is 64.8. The van der Waals surface area contributed by atoms with Gasteiger partial charge >= 0.3 is 17.9 Å². The van der Waals surface area contributed by atoms with Crippen LogP contribution in [0.1, 0.15) is 316 Å². The highest BCUT2D eigenvalue weighted by Gasteiger charge is 2.19. The Morgan fingerprint density at radius 2 is 0.506 bits per heavy atom. The molecular formula is C73H124O6. The molecule has 0 saturated heterocycles. The average Bonchev–Trinajstić information content (AvgIpc) is 3.45. The lowest BCUT2D eigenvalue weighted by Gasteiger charge is -2.18. The summed E-state index contributed by atoms with van der Waals surface area (Å²) in [5.74, 6) is -0.956. The van der Waals surface area contributed by atoms with Gasteiger partial charge in [-0.15, -0.1) is 0 Å². The highest BCUT2D eigenvalue weighted by molar-refractivity contribution is 5.71. The molecule has 0 amide bonds. The van der Waals surface area contributed by atoms with Gasteiger partial charge in [0, 0.05) is 19.3 Å². The molecule has 1 unspecified atom stereocenters. The quantitative estimate of drug-likeness (QED) is 0.0261. The summed E-state index contributed by atoms with van der Waals surface area (Å²) < 4.78 is 16.9. The van der Waals surface area contributed by atoms with Gasteiger partial charge in [0.25, 0.3) is 0 Å². The average molecular weight is 1100 g/mol. The summed E-state index contributed by atoms with van der Waals surface area (Å²) in [6, 6.07) is 0. The van der Waals surface area contributed by atoms with E-state index >= 15 is 0 Å². The fourth-order valence-corrected chi connectivity index (χ4v) is 9.29. The van der Waals surface area contributed by atoms with Crippen molar-refractivity contribution in [2.75, 3.05) is 13.2 Å². The summed E-state index contributed by atoms with van der Waals surface area (Å²) in [4.78, 5) is 38.4. The summed E-state index contributed by atoms with van der Waals surface area (Å²) in [5, 5.41) is 0. The molecule has 0 aliphatic heterocycles. The van der Waals surface area contributed by atoms with Crippen molar-refractivity contribution in [2.24, 2.45) is 0 Å². The summed E-state index contributed by atoms with van der Waals surface area (Å²) >= 11 is 0. The Hall–Kier alpha value is -3.93. The van der Waals surface area contributed by atoms with Gasteiger partial charge in [-0.05, 0) is 103 Å². The summed E-state index contributed by atoms with van der Waals surface area (Å²) in [6.45, 7) is 6.48. The molecule has 0 rings (SSSR count). The van der Waals surface area contributed by atoms with Crippen LogP contribution in [-0.4, -0.2) is 37.2 Å². The van der Waals surface area contributed by atoms with Crippen LogP contribution in [0.2, 0.25) is 0 Å². The van der Waals surface area contributed by atoms with Crippen LogP contribution < -0.4 is 0 Å². The monoisotopic (exact) mass is 1100 g/mol. The predicted octanol–water partition coefficient (Wildman–Crippen LogP) is 23.0. The lowest BCUT2D eigenvalue weighted by molar-refractivity contribution is -0.167. The minimum absolute atomic E-state index is 0.0990. The Balaban J connectivity index is 4.47. The number of carbonyl (C=O) groups excluding carboxylic acids is 3. The van der Waals surface area contributed by atoms with Crippen molar-refractivity contribution in [3.63, 3.8) is 0 Å². The van der Waals surface area contributed by atoms with Gasteiger partial charge in [0.15, 0.2) is 6.10 Å². The maximum absolute atomic E-state index is 12.9. The summed E-state index contributed by atoms with van der Waals surface area (Å²) in [5.41, 5.74) is 0. The zero-order chi connectivity index (χ0) is 57.1. The number of unbranched alkanes of at least 4 members (excludes halogenated alkanes) is 31. The van der Waals surface area contributed by atoms with E-state index < -0.39 is 6.10 Å². The molecule has 6 heteroatoms. The first-order valence-corrected chi connectivity index (χ1v) is 33.4. The minimum Gasteiger partial charge on any atom is -0.462 e. The van der Waals surface area contributed by atoms with Gasteiger partial charge in [0.1, 0.15) is 13.2 Å². The van der Waals surface area contributed by atoms with Crippen LogP contribution in [0.25, 0.3) is 0 Å². The van der Waals surface area contributed by atoms with Gasteiger partial charge in [0.2, 0.25) is 0 Å². The van der Waals surface area contributed by atoms with E-state index in [0.717, 1.165) is 103 Å².